The zero-order valence-electron chi connectivity index (χ0n) is 12.1. The number of hydrogen-bond donors (Lipinski definition) is 0. The molecule has 6 heteroatoms. The summed E-state index contributed by atoms with van der Waals surface area (Å²) in [7, 11) is -0.522. The molecule has 0 aromatic heterocycles. The summed E-state index contributed by atoms with van der Waals surface area (Å²) >= 11 is 3.27. The first kappa shape index (κ1) is 17.7. The Morgan fingerprint density at radius 2 is 1.80 bits per heavy atom. The van der Waals surface area contributed by atoms with E-state index >= 15 is 0 Å². The summed E-state index contributed by atoms with van der Waals surface area (Å²) in [5, 5.41) is 0.0960. The first-order chi connectivity index (χ1) is 9.04. The normalized spacial score (nSPS) is 13.1. The van der Waals surface area contributed by atoms with Crippen molar-refractivity contribution in [2.45, 2.75) is 44.8 Å². The van der Waals surface area contributed by atoms with E-state index in [-0.39, 0.29) is 11.6 Å². The van der Waals surface area contributed by atoms with E-state index in [1.54, 1.807) is 0 Å². The molecule has 20 heavy (non-hydrogen) atoms. The minimum Gasteiger partial charge on any atom is -0.376 e. The maximum absolute atomic E-state index is 12.7. The van der Waals surface area contributed by atoms with E-state index in [1.165, 1.54) is 6.07 Å². The first-order valence-corrected chi connectivity index (χ1v) is 9.57. The van der Waals surface area contributed by atoms with Gasteiger partial charge in [0.05, 0.1) is 21.0 Å². The van der Waals surface area contributed by atoms with Crippen LogP contribution < -0.4 is 0 Å². The van der Waals surface area contributed by atoms with Gasteiger partial charge in [-0.15, -0.1) is 0 Å². The highest BCUT2D eigenvalue weighted by molar-refractivity contribution is 9.10. The highest BCUT2D eigenvalue weighted by Gasteiger charge is 2.31. The summed E-state index contributed by atoms with van der Waals surface area (Å²) in [6, 6.07) is 3.62. The molecule has 0 N–H and O–H groups in total. The van der Waals surface area contributed by atoms with E-state index in [0.29, 0.717) is 16.6 Å². The van der Waals surface area contributed by atoms with Crippen molar-refractivity contribution in [1.82, 2.24) is 0 Å². The van der Waals surface area contributed by atoms with Crippen LogP contribution in [0.2, 0.25) is 18.1 Å². The molecule has 0 aliphatic carbocycles. The molecule has 0 heterocycles. The van der Waals surface area contributed by atoms with Crippen molar-refractivity contribution < 1.29 is 17.9 Å². The second-order valence-corrected chi connectivity index (χ2v) is 9.89. The van der Waals surface area contributed by atoms with Crippen molar-refractivity contribution >= 4 is 24.7 Å². The van der Waals surface area contributed by atoms with Gasteiger partial charge in [0, 0.05) is 11.1 Å². The SMILES string of the molecule is C[Si](C)C(C)(C)COCc1cc(C(F)(F)F)ccc1Br. The van der Waals surface area contributed by atoms with Gasteiger partial charge < -0.3 is 4.74 Å². The fourth-order valence-corrected chi connectivity index (χ4v) is 2.17. The third-order valence-corrected chi connectivity index (χ3v) is 7.07. The maximum atomic E-state index is 12.7. The molecule has 0 atom stereocenters. The Morgan fingerprint density at radius 1 is 1.20 bits per heavy atom. The molecule has 0 unspecified atom stereocenters. The van der Waals surface area contributed by atoms with Gasteiger partial charge >= 0.3 is 6.18 Å². The number of alkyl halides is 3. The zero-order chi connectivity index (χ0) is 15.6. The van der Waals surface area contributed by atoms with E-state index in [1.807, 2.05) is 0 Å². The zero-order valence-corrected chi connectivity index (χ0v) is 14.7. The van der Waals surface area contributed by atoms with Crippen molar-refractivity contribution in [3.8, 4) is 0 Å². The molecule has 0 aliphatic rings. The summed E-state index contributed by atoms with van der Waals surface area (Å²) in [5.74, 6) is 0. The first-order valence-electron chi connectivity index (χ1n) is 6.28. The lowest BCUT2D eigenvalue weighted by atomic mass is 10.1. The molecule has 0 amide bonds. The number of halogens is 4. The third kappa shape index (κ3) is 4.89. The Labute approximate surface area is 128 Å². The lowest BCUT2D eigenvalue weighted by Crippen LogP contribution is -2.26. The predicted octanol–water partition coefficient (Wildman–Crippen LogP) is 5.52. The minimum atomic E-state index is -4.32. The summed E-state index contributed by atoms with van der Waals surface area (Å²) in [4.78, 5) is 0. The Balaban J connectivity index is 2.74. The molecule has 1 aromatic carbocycles. The van der Waals surface area contributed by atoms with Crippen LogP contribution in [-0.2, 0) is 17.5 Å². The van der Waals surface area contributed by atoms with E-state index < -0.39 is 20.5 Å². The number of ether oxygens (including phenoxy) is 1. The van der Waals surface area contributed by atoms with Gasteiger partial charge in [0.15, 0.2) is 0 Å². The minimum absolute atomic E-state index is 0.0960. The second-order valence-electron chi connectivity index (χ2n) is 5.68. The largest absolute Gasteiger partial charge is 0.416 e. The fraction of sp³-hybridized carbons (Fsp3) is 0.571. The van der Waals surface area contributed by atoms with Gasteiger partial charge in [0.1, 0.15) is 0 Å². The number of benzene rings is 1. The Hall–Kier alpha value is -0.333. The van der Waals surface area contributed by atoms with Crippen molar-refractivity contribution in [1.29, 1.82) is 0 Å². The second kappa shape index (κ2) is 6.62. The highest BCUT2D eigenvalue weighted by Crippen LogP contribution is 2.33. The van der Waals surface area contributed by atoms with Crippen molar-refractivity contribution in [2.75, 3.05) is 6.61 Å². The maximum Gasteiger partial charge on any atom is 0.416 e. The molecule has 0 saturated heterocycles. The summed E-state index contributed by atoms with van der Waals surface area (Å²) < 4.78 is 44.3. The van der Waals surface area contributed by atoms with E-state index in [2.05, 4.69) is 42.9 Å². The molecule has 0 aliphatic heterocycles. The standard InChI is InChI=1S/C14H19BrF3OSi/c1-13(2,20(3)4)9-19-8-10-7-11(14(16,17)18)5-6-12(10)15/h5-7H,8-9H2,1-4H3. The van der Waals surface area contributed by atoms with Crippen molar-refractivity contribution in [3.63, 3.8) is 0 Å². The monoisotopic (exact) mass is 367 g/mol. The van der Waals surface area contributed by atoms with E-state index in [9.17, 15) is 13.2 Å². The quantitative estimate of drug-likeness (QED) is 0.622. The van der Waals surface area contributed by atoms with Crippen LogP contribution in [0, 0.1) is 0 Å². The topological polar surface area (TPSA) is 9.23 Å². The van der Waals surface area contributed by atoms with Crippen LogP contribution in [0.3, 0.4) is 0 Å². The van der Waals surface area contributed by atoms with Gasteiger partial charge in [0.25, 0.3) is 0 Å². The Kier molecular flexibility index (Phi) is 5.86. The Bertz CT molecular complexity index is 458. The average Bonchev–Trinajstić information content (AvgIpc) is 2.29. The van der Waals surface area contributed by atoms with E-state index in [0.717, 1.165) is 12.1 Å². The fourth-order valence-electron chi connectivity index (χ4n) is 1.42. The third-order valence-electron chi connectivity index (χ3n) is 3.45. The molecule has 1 rings (SSSR count). The van der Waals surface area contributed by atoms with Gasteiger partial charge in [-0.1, -0.05) is 42.9 Å². The van der Waals surface area contributed by atoms with Crippen LogP contribution in [0.4, 0.5) is 13.2 Å². The molecular weight excluding hydrogens is 349 g/mol. The molecule has 1 aromatic rings. The van der Waals surface area contributed by atoms with Crippen molar-refractivity contribution in [2.24, 2.45) is 0 Å². The summed E-state index contributed by atoms with van der Waals surface area (Å²) in [5.41, 5.74) is -0.120. The molecule has 1 nitrogen and oxygen atoms in total. The molecule has 0 bridgehead atoms. The molecular formula is C14H19BrF3OSi. The summed E-state index contributed by atoms with van der Waals surface area (Å²) in [6.45, 7) is 9.40. The van der Waals surface area contributed by atoms with Crippen LogP contribution in [0.5, 0.6) is 0 Å². The number of rotatable bonds is 5. The van der Waals surface area contributed by atoms with Crippen molar-refractivity contribution in [3.05, 3.63) is 33.8 Å². The van der Waals surface area contributed by atoms with Crippen LogP contribution >= 0.6 is 15.9 Å². The summed E-state index contributed by atoms with van der Waals surface area (Å²) in [6.07, 6.45) is -4.32. The van der Waals surface area contributed by atoms with Gasteiger partial charge in [-0.05, 0) is 28.8 Å². The predicted molar refractivity (Wildman–Crippen MR) is 80.3 cm³/mol. The van der Waals surface area contributed by atoms with Crippen LogP contribution in [0.1, 0.15) is 25.0 Å². The van der Waals surface area contributed by atoms with Gasteiger partial charge in [-0.25, -0.2) is 0 Å². The van der Waals surface area contributed by atoms with Gasteiger partial charge in [-0.2, -0.15) is 13.2 Å². The number of hydrogen-bond acceptors (Lipinski definition) is 1. The molecule has 0 spiro atoms. The van der Waals surface area contributed by atoms with Gasteiger partial charge in [0.2, 0.25) is 0 Å². The molecule has 113 valence electrons. The average molecular weight is 368 g/mol. The van der Waals surface area contributed by atoms with Gasteiger partial charge in [-0.3, -0.25) is 0 Å². The lowest BCUT2D eigenvalue weighted by Gasteiger charge is -2.27. The molecule has 1 radical (unpaired) electrons. The van der Waals surface area contributed by atoms with Crippen LogP contribution in [0.25, 0.3) is 0 Å². The van der Waals surface area contributed by atoms with Crippen LogP contribution in [-0.4, -0.2) is 15.4 Å². The Morgan fingerprint density at radius 3 is 2.30 bits per heavy atom. The smallest absolute Gasteiger partial charge is 0.376 e. The molecule has 0 fully saturated rings. The van der Waals surface area contributed by atoms with E-state index in [4.69, 9.17) is 4.74 Å². The molecule has 0 saturated carbocycles. The lowest BCUT2D eigenvalue weighted by molar-refractivity contribution is -0.137. The highest BCUT2D eigenvalue weighted by atomic mass is 79.9. The van der Waals surface area contributed by atoms with Crippen LogP contribution in [0.15, 0.2) is 22.7 Å².